The summed E-state index contributed by atoms with van der Waals surface area (Å²) in [4.78, 5) is 25.3. The Hall–Kier alpha value is -2.47. The van der Waals surface area contributed by atoms with Crippen LogP contribution in [0.25, 0.3) is 0 Å². The number of anilines is 2. The molecule has 0 N–H and O–H groups in total. The summed E-state index contributed by atoms with van der Waals surface area (Å²) in [5.74, 6) is 0.853. The topological polar surface area (TPSA) is 58.6 Å². The van der Waals surface area contributed by atoms with Crippen LogP contribution in [0, 0.1) is 0 Å². The lowest BCUT2D eigenvalue weighted by atomic mass is 10.0. The van der Waals surface area contributed by atoms with Crippen LogP contribution in [0.1, 0.15) is 35.8 Å². The molecule has 1 aromatic carbocycles. The summed E-state index contributed by atoms with van der Waals surface area (Å²) in [5, 5.41) is 0. The van der Waals surface area contributed by atoms with E-state index in [-0.39, 0.29) is 5.91 Å². The molecule has 1 fully saturated rings. The quantitative estimate of drug-likeness (QED) is 0.856. The van der Waals surface area contributed by atoms with Gasteiger partial charge in [0.2, 0.25) is 5.95 Å². The molecule has 132 valence electrons. The Labute approximate surface area is 148 Å². The predicted molar refractivity (Wildman–Crippen MR) is 98.3 cm³/mol. The highest BCUT2D eigenvalue weighted by Gasteiger charge is 2.19. The minimum atomic E-state index is -0.141. The second kappa shape index (κ2) is 7.61. The fourth-order valence-corrected chi connectivity index (χ4v) is 2.76. The average Bonchev–Trinajstić information content (AvgIpc) is 2.67. The molecule has 1 aromatic heterocycles. The van der Waals surface area contributed by atoms with Gasteiger partial charge in [-0.1, -0.05) is 26.0 Å². The maximum absolute atomic E-state index is 12.9. The van der Waals surface area contributed by atoms with Crippen molar-refractivity contribution in [3.05, 3.63) is 47.8 Å². The molecular weight excluding hydrogens is 316 g/mol. The van der Waals surface area contributed by atoms with Gasteiger partial charge in [0.05, 0.1) is 13.2 Å². The lowest BCUT2D eigenvalue weighted by molar-refractivity contribution is 0.0988. The molecule has 25 heavy (non-hydrogen) atoms. The summed E-state index contributed by atoms with van der Waals surface area (Å²) in [6.45, 7) is 7.07. The third kappa shape index (κ3) is 3.96. The molecule has 1 amide bonds. The number of ether oxygens (including phenoxy) is 1. The zero-order chi connectivity index (χ0) is 17.8. The highest BCUT2D eigenvalue weighted by molar-refractivity contribution is 6.04. The Morgan fingerprint density at radius 2 is 2.00 bits per heavy atom. The SMILES string of the molecule is CC(C)c1cccc(N(C)C(=O)c2ccnc(N3CCOCC3)n2)c1. The fraction of sp³-hybridized carbons (Fsp3) is 0.421. The second-order valence-electron chi connectivity index (χ2n) is 6.46. The van der Waals surface area contributed by atoms with Gasteiger partial charge in [-0.25, -0.2) is 9.97 Å². The molecule has 1 aliphatic rings. The van der Waals surface area contributed by atoms with Crippen molar-refractivity contribution >= 4 is 17.5 Å². The Morgan fingerprint density at radius 1 is 1.24 bits per heavy atom. The smallest absolute Gasteiger partial charge is 0.276 e. The minimum Gasteiger partial charge on any atom is -0.378 e. The first-order valence-electron chi connectivity index (χ1n) is 8.60. The number of morpholine rings is 1. The van der Waals surface area contributed by atoms with Gasteiger partial charge in [-0.3, -0.25) is 4.79 Å². The molecular formula is C19H24N4O2. The average molecular weight is 340 g/mol. The van der Waals surface area contributed by atoms with E-state index in [1.165, 1.54) is 5.56 Å². The van der Waals surface area contributed by atoms with Crippen molar-refractivity contribution in [3.8, 4) is 0 Å². The molecule has 6 nitrogen and oxygen atoms in total. The van der Waals surface area contributed by atoms with Crippen LogP contribution in [0.2, 0.25) is 0 Å². The van der Waals surface area contributed by atoms with Gasteiger partial charge in [-0.05, 0) is 29.7 Å². The summed E-state index contributed by atoms with van der Waals surface area (Å²) in [5.41, 5.74) is 2.46. The molecule has 0 spiro atoms. The zero-order valence-electron chi connectivity index (χ0n) is 15.0. The number of nitrogens with zero attached hydrogens (tertiary/aromatic N) is 4. The summed E-state index contributed by atoms with van der Waals surface area (Å²) in [6.07, 6.45) is 1.64. The molecule has 1 aliphatic heterocycles. The zero-order valence-corrected chi connectivity index (χ0v) is 15.0. The molecule has 2 aromatic rings. The van der Waals surface area contributed by atoms with E-state index in [0.717, 1.165) is 18.8 Å². The van der Waals surface area contributed by atoms with E-state index in [4.69, 9.17) is 4.74 Å². The van der Waals surface area contributed by atoms with Crippen LogP contribution >= 0.6 is 0 Å². The standard InChI is InChI=1S/C19H24N4O2/c1-14(2)15-5-4-6-16(13-15)22(3)18(24)17-7-8-20-19(21-17)23-9-11-25-12-10-23/h4-8,13-14H,9-12H2,1-3H3. The van der Waals surface area contributed by atoms with Crippen molar-refractivity contribution in [3.63, 3.8) is 0 Å². The van der Waals surface area contributed by atoms with Gasteiger partial charge in [0, 0.05) is 32.0 Å². The first kappa shape index (κ1) is 17.4. The number of hydrogen-bond acceptors (Lipinski definition) is 5. The molecule has 0 saturated carbocycles. The van der Waals surface area contributed by atoms with E-state index in [1.54, 1.807) is 24.2 Å². The number of hydrogen-bond donors (Lipinski definition) is 0. The van der Waals surface area contributed by atoms with Crippen molar-refractivity contribution in [2.45, 2.75) is 19.8 Å². The molecule has 6 heteroatoms. The summed E-state index contributed by atoms with van der Waals surface area (Å²) >= 11 is 0. The monoisotopic (exact) mass is 340 g/mol. The van der Waals surface area contributed by atoms with Gasteiger partial charge in [0.15, 0.2) is 0 Å². The molecule has 1 saturated heterocycles. The third-order valence-corrected chi connectivity index (χ3v) is 4.38. The summed E-state index contributed by atoms with van der Waals surface area (Å²) < 4.78 is 5.35. The van der Waals surface area contributed by atoms with E-state index in [2.05, 4.69) is 29.9 Å². The highest BCUT2D eigenvalue weighted by atomic mass is 16.5. The van der Waals surface area contributed by atoms with Crippen molar-refractivity contribution in [2.24, 2.45) is 0 Å². The number of aromatic nitrogens is 2. The number of carbonyl (C=O) groups is 1. The Bertz CT molecular complexity index is 742. The third-order valence-electron chi connectivity index (χ3n) is 4.38. The fourth-order valence-electron chi connectivity index (χ4n) is 2.76. The largest absolute Gasteiger partial charge is 0.378 e. The molecule has 0 radical (unpaired) electrons. The number of rotatable bonds is 4. The molecule has 0 bridgehead atoms. The predicted octanol–water partition coefficient (Wildman–Crippen LogP) is 2.71. The molecule has 0 aliphatic carbocycles. The molecule has 0 atom stereocenters. The molecule has 3 rings (SSSR count). The van der Waals surface area contributed by atoms with Crippen LogP contribution in [-0.4, -0.2) is 49.2 Å². The van der Waals surface area contributed by atoms with Gasteiger partial charge in [0.25, 0.3) is 5.91 Å². The van der Waals surface area contributed by atoms with Crippen molar-refractivity contribution in [1.29, 1.82) is 0 Å². The van der Waals surface area contributed by atoms with Crippen LogP contribution in [0.15, 0.2) is 36.5 Å². The maximum Gasteiger partial charge on any atom is 0.276 e. The van der Waals surface area contributed by atoms with E-state index in [1.807, 2.05) is 23.1 Å². The Kier molecular flexibility index (Phi) is 5.28. The van der Waals surface area contributed by atoms with Crippen LogP contribution in [0.4, 0.5) is 11.6 Å². The molecule has 2 heterocycles. The van der Waals surface area contributed by atoms with Crippen molar-refractivity contribution in [2.75, 3.05) is 43.2 Å². The normalized spacial score (nSPS) is 14.6. The summed E-state index contributed by atoms with van der Waals surface area (Å²) in [7, 11) is 1.78. The first-order chi connectivity index (χ1) is 12.1. The van der Waals surface area contributed by atoms with Crippen LogP contribution in [-0.2, 0) is 4.74 Å². The minimum absolute atomic E-state index is 0.141. The van der Waals surface area contributed by atoms with Crippen molar-refractivity contribution < 1.29 is 9.53 Å². The highest BCUT2D eigenvalue weighted by Crippen LogP contribution is 2.22. The van der Waals surface area contributed by atoms with E-state index in [0.29, 0.717) is 30.8 Å². The Morgan fingerprint density at radius 3 is 2.72 bits per heavy atom. The van der Waals surface area contributed by atoms with Crippen molar-refractivity contribution in [1.82, 2.24) is 9.97 Å². The van der Waals surface area contributed by atoms with Gasteiger partial charge in [-0.2, -0.15) is 0 Å². The Balaban J connectivity index is 1.81. The van der Waals surface area contributed by atoms with Gasteiger partial charge < -0.3 is 14.5 Å². The second-order valence-corrected chi connectivity index (χ2v) is 6.46. The number of carbonyl (C=O) groups excluding carboxylic acids is 1. The maximum atomic E-state index is 12.9. The number of benzene rings is 1. The lowest BCUT2D eigenvalue weighted by Crippen LogP contribution is -2.38. The summed E-state index contributed by atoms with van der Waals surface area (Å²) in [6, 6.07) is 9.71. The lowest BCUT2D eigenvalue weighted by Gasteiger charge is -2.27. The van der Waals surface area contributed by atoms with Gasteiger partial charge in [0.1, 0.15) is 5.69 Å². The first-order valence-corrected chi connectivity index (χ1v) is 8.60. The van der Waals surface area contributed by atoms with Gasteiger partial charge in [-0.15, -0.1) is 0 Å². The molecule has 0 unspecified atom stereocenters. The van der Waals surface area contributed by atoms with Crippen LogP contribution in [0.5, 0.6) is 0 Å². The number of amides is 1. The van der Waals surface area contributed by atoms with E-state index >= 15 is 0 Å². The van der Waals surface area contributed by atoms with Crippen LogP contribution < -0.4 is 9.80 Å². The van der Waals surface area contributed by atoms with E-state index in [9.17, 15) is 4.79 Å². The van der Waals surface area contributed by atoms with E-state index < -0.39 is 0 Å². The van der Waals surface area contributed by atoms with Crippen LogP contribution in [0.3, 0.4) is 0 Å². The van der Waals surface area contributed by atoms with Gasteiger partial charge >= 0.3 is 0 Å².